The third kappa shape index (κ3) is 3.99. The zero-order valence-corrected chi connectivity index (χ0v) is 9.77. The molecule has 0 amide bonds. The number of rotatable bonds is 6. The van der Waals surface area contributed by atoms with Gasteiger partial charge in [-0.25, -0.2) is 4.39 Å². The fourth-order valence-electron chi connectivity index (χ4n) is 1.38. The maximum absolute atomic E-state index is 13.0. The number of halogens is 1. The van der Waals surface area contributed by atoms with Gasteiger partial charge in [0, 0.05) is 24.8 Å². The number of benzene rings is 1. The number of ether oxygens (including phenoxy) is 1. The first-order valence-corrected chi connectivity index (χ1v) is 5.32. The summed E-state index contributed by atoms with van der Waals surface area (Å²) < 4.78 is 18.2. The van der Waals surface area contributed by atoms with Crippen molar-refractivity contribution >= 4 is 11.4 Å². The maximum atomic E-state index is 13.0. The van der Waals surface area contributed by atoms with E-state index in [-0.39, 0.29) is 17.4 Å². The summed E-state index contributed by atoms with van der Waals surface area (Å²) in [6, 6.07) is 3.19. The van der Waals surface area contributed by atoms with Crippen molar-refractivity contribution < 1.29 is 14.1 Å². The van der Waals surface area contributed by atoms with Crippen molar-refractivity contribution in [2.75, 3.05) is 18.5 Å². The zero-order valence-electron chi connectivity index (χ0n) is 9.77. The Labute approximate surface area is 98.7 Å². The Morgan fingerprint density at radius 2 is 2.29 bits per heavy atom. The Balaban J connectivity index is 2.81. The first-order valence-electron chi connectivity index (χ1n) is 5.32. The quantitative estimate of drug-likeness (QED) is 0.615. The van der Waals surface area contributed by atoms with Crippen LogP contribution in [-0.4, -0.2) is 24.2 Å². The fraction of sp³-hybridized carbons (Fsp3) is 0.455. The number of nitrogens with one attached hydrogen (secondary N) is 1. The molecule has 17 heavy (non-hydrogen) atoms. The molecule has 6 heteroatoms. The van der Waals surface area contributed by atoms with Gasteiger partial charge in [-0.2, -0.15) is 0 Å². The Hall–Kier alpha value is -1.69. The standard InChI is InChI=1S/C11H15FN2O3/c1-3-17-7-8(2)13-10-6-9(12)4-5-11(10)14(15)16/h4-6,8,13H,3,7H2,1-2H3. The maximum Gasteiger partial charge on any atom is 0.292 e. The van der Waals surface area contributed by atoms with E-state index in [0.29, 0.717) is 13.2 Å². The van der Waals surface area contributed by atoms with Crippen molar-refractivity contribution in [1.82, 2.24) is 0 Å². The van der Waals surface area contributed by atoms with Crippen LogP contribution in [0.2, 0.25) is 0 Å². The van der Waals surface area contributed by atoms with Gasteiger partial charge in [-0.3, -0.25) is 10.1 Å². The van der Waals surface area contributed by atoms with Crippen LogP contribution >= 0.6 is 0 Å². The minimum Gasteiger partial charge on any atom is -0.380 e. The summed E-state index contributed by atoms with van der Waals surface area (Å²) in [5, 5.41) is 13.6. The topological polar surface area (TPSA) is 64.4 Å². The highest BCUT2D eigenvalue weighted by Crippen LogP contribution is 2.25. The molecule has 0 spiro atoms. The van der Waals surface area contributed by atoms with Crippen molar-refractivity contribution in [1.29, 1.82) is 0 Å². The molecule has 0 radical (unpaired) electrons. The van der Waals surface area contributed by atoms with Crippen LogP contribution < -0.4 is 5.32 Å². The second kappa shape index (κ2) is 6.15. The third-order valence-corrected chi connectivity index (χ3v) is 2.13. The summed E-state index contributed by atoms with van der Waals surface area (Å²) in [5.74, 6) is -0.512. The molecule has 1 aromatic carbocycles. The molecule has 0 heterocycles. The monoisotopic (exact) mass is 242 g/mol. The van der Waals surface area contributed by atoms with Crippen LogP contribution in [0.1, 0.15) is 13.8 Å². The Morgan fingerprint density at radius 1 is 1.59 bits per heavy atom. The smallest absolute Gasteiger partial charge is 0.292 e. The van der Waals surface area contributed by atoms with Gasteiger partial charge in [0.25, 0.3) is 5.69 Å². The summed E-state index contributed by atoms with van der Waals surface area (Å²) >= 11 is 0. The van der Waals surface area contributed by atoms with Crippen molar-refractivity contribution in [3.05, 3.63) is 34.1 Å². The molecule has 0 saturated heterocycles. The summed E-state index contributed by atoms with van der Waals surface area (Å²) in [5.41, 5.74) is 0.0250. The Morgan fingerprint density at radius 3 is 2.88 bits per heavy atom. The van der Waals surface area contributed by atoms with Crippen LogP contribution in [0.3, 0.4) is 0 Å². The van der Waals surface area contributed by atoms with E-state index in [1.54, 1.807) is 0 Å². The minimum absolute atomic E-state index is 0.129. The van der Waals surface area contributed by atoms with Gasteiger partial charge in [0.2, 0.25) is 0 Å². The predicted octanol–water partition coefficient (Wildman–Crippen LogP) is 2.57. The van der Waals surface area contributed by atoms with E-state index in [0.717, 1.165) is 18.2 Å². The fourth-order valence-corrected chi connectivity index (χ4v) is 1.38. The number of nitro benzene ring substituents is 1. The largest absolute Gasteiger partial charge is 0.380 e. The molecule has 94 valence electrons. The van der Waals surface area contributed by atoms with E-state index >= 15 is 0 Å². The van der Waals surface area contributed by atoms with E-state index in [2.05, 4.69) is 5.32 Å². The van der Waals surface area contributed by atoms with E-state index < -0.39 is 10.7 Å². The van der Waals surface area contributed by atoms with Crippen molar-refractivity contribution in [2.45, 2.75) is 19.9 Å². The molecule has 0 aliphatic carbocycles. The molecule has 0 aliphatic heterocycles. The molecular weight excluding hydrogens is 227 g/mol. The minimum atomic E-state index is -0.546. The molecule has 0 aromatic heterocycles. The van der Waals surface area contributed by atoms with Crippen LogP contribution in [-0.2, 0) is 4.74 Å². The van der Waals surface area contributed by atoms with Crippen LogP contribution in [0.4, 0.5) is 15.8 Å². The first kappa shape index (κ1) is 13.4. The molecule has 0 fully saturated rings. The molecule has 1 rings (SSSR count). The first-order chi connectivity index (χ1) is 8.04. The Kier molecular flexibility index (Phi) is 4.84. The van der Waals surface area contributed by atoms with Gasteiger partial charge in [-0.15, -0.1) is 0 Å². The van der Waals surface area contributed by atoms with E-state index in [4.69, 9.17) is 4.74 Å². The lowest BCUT2D eigenvalue weighted by atomic mass is 10.2. The van der Waals surface area contributed by atoms with Crippen LogP contribution in [0.25, 0.3) is 0 Å². The highest BCUT2D eigenvalue weighted by atomic mass is 19.1. The second-order valence-corrected chi connectivity index (χ2v) is 3.62. The average molecular weight is 242 g/mol. The number of hydrogen-bond acceptors (Lipinski definition) is 4. The molecule has 1 N–H and O–H groups in total. The highest BCUT2D eigenvalue weighted by molar-refractivity contribution is 5.61. The number of anilines is 1. The lowest BCUT2D eigenvalue weighted by Gasteiger charge is -2.14. The number of nitrogens with zero attached hydrogens (tertiary/aromatic N) is 1. The summed E-state index contributed by atoms with van der Waals surface area (Å²) in [7, 11) is 0. The summed E-state index contributed by atoms with van der Waals surface area (Å²) in [6.07, 6.45) is 0. The molecule has 0 saturated carbocycles. The van der Waals surface area contributed by atoms with Gasteiger partial charge >= 0.3 is 0 Å². The van der Waals surface area contributed by atoms with Crippen LogP contribution in [0, 0.1) is 15.9 Å². The van der Waals surface area contributed by atoms with Crippen LogP contribution in [0.15, 0.2) is 18.2 Å². The van der Waals surface area contributed by atoms with Gasteiger partial charge in [0.05, 0.1) is 11.5 Å². The highest BCUT2D eigenvalue weighted by Gasteiger charge is 2.15. The molecule has 5 nitrogen and oxygen atoms in total. The van der Waals surface area contributed by atoms with Gasteiger partial charge < -0.3 is 10.1 Å². The van der Waals surface area contributed by atoms with Gasteiger partial charge in [-0.05, 0) is 19.9 Å². The van der Waals surface area contributed by atoms with Gasteiger partial charge in [0.15, 0.2) is 0 Å². The molecule has 0 aliphatic rings. The van der Waals surface area contributed by atoms with Crippen molar-refractivity contribution in [3.8, 4) is 0 Å². The number of hydrogen-bond donors (Lipinski definition) is 1. The Bertz CT molecular complexity index is 398. The lowest BCUT2D eigenvalue weighted by molar-refractivity contribution is -0.384. The zero-order chi connectivity index (χ0) is 12.8. The normalized spacial score (nSPS) is 12.2. The SMILES string of the molecule is CCOCC(C)Nc1cc(F)ccc1[N+](=O)[O-]. The van der Waals surface area contributed by atoms with Crippen LogP contribution in [0.5, 0.6) is 0 Å². The van der Waals surface area contributed by atoms with E-state index in [9.17, 15) is 14.5 Å². The number of nitro groups is 1. The lowest BCUT2D eigenvalue weighted by Crippen LogP contribution is -2.22. The second-order valence-electron chi connectivity index (χ2n) is 3.62. The summed E-state index contributed by atoms with van der Waals surface area (Å²) in [6.45, 7) is 4.64. The third-order valence-electron chi connectivity index (χ3n) is 2.13. The summed E-state index contributed by atoms with van der Waals surface area (Å²) in [4.78, 5) is 10.2. The van der Waals surface area contributed by atoms with E-state index in [1.807, 2.05) is 13.8 Å². The van der Waals surface area contributed by atoms with Gasteiger partial charge in [0.1, 0.15) is 11.5 Å². The molecule has 0 bridgehead atoms. The predicted molar refractivity (Wildman–Crippen MR) is 62.6 cm³/mol. The van der Waals surface area contributed by atoms with Crippen molar-refractivity contribution in [2.24, 2.45) is 0 Å². The molecular formula is C11H15FN2O3. The molecule has 1 atom stereocenters. The van der Waals surface area contributed by atoms with E-state index in [1.165, 1.54) is 0 Å². The van der Waals surface area contributed by atoms with Crippen molar-refractivity contribution in [3.63, 3.8) is 0 Å². The molecule has 1 aromatic rings. The van der Waals surface area contributed by atoms with Gasteiger partial charge in [-0.1, -0.05) is 0 Å². The average Bonchev–Trinajstić information content (AvgIpc) is 2.26. The molecule has 1 unspecified atom stereocenters.